The van der Waals surface area contributed by atoms with Gasteiger partial charge in [0.2, 0.25) is 5.17 Å². The van der Waals surface area contributed by atoms with Crippen molar-refractivity contribution in [2.75, 3.05) is 0 Å². The van der Waals surface area contributed by atoms with E-state index in [2.05, 4.69) is 51.7 Å². The molecule has 2 aliphatic heterocycles. The molecule has 0 saturated heterocycles. The van der Waals surface area contributed by atoms with Crippen LogP contribution in [0.3, 0.4) is 0 Å². The molecule has 0 radical (unpaired) electrons. The molecule has 2 aliphatic rings. The smallest absolute Gasteiger partial charge is 0.283 e. The highest BCUT2D eigenvalue weighted by atomic mass is 32.2. The third kappa shape index (κ3) is 3.62. The first-order chi connectivity index (χ1) is 15.8. The number of aromatic nitrogens is 2. The Morgan fingerprint density at radius 3 is 2.64 bits per heavy atom. The second-order valence-corrected chi connectivity index (χ2v) is 9.07. The number of nitrogens with zero attached hydrogens (tertiary/aromatic N) is 5. The second kappa shape index (κ2) is 7.97. The first-order valence-corrected chi connectivity index (χ1v) is 11.3. The van der Waals surface area contributed by atoms with Gasteiger partial charge in [-0.2, -0.15) is 15.1 Å². The standard InChI is InChI=1S/C25H22N6OS/c1-14-7-8-21(15(2)10-14)30-16(3)11-19(17(30)4)12-20-22(26)31-25(28-23(20)32)33-24(29-31)18-6-5-9-27-13-18/h5-13,26H,1-4H3/b20-12+,26-22?. The van der Waals surface area contributed by atoms with Crippen LogP contribution in [0.25, 0.3) is 11.8 Å². The molecule has 8 heteroatoms. The van der Waals surface area contributed by atoms with Gasteiger partial charge in [-0.3, -0.25) is 15.2 Å². The summed E-state index contributed by atoms with van der Waals surface area (Å²) in [4.78, 5) is 21.2. The van der Waals surface area contributed by atoms with Crippen molar-refractivity contribution in [3.63, 3.8) is 0 Å². The summed E-state index contributed by atoms with van der Waals surface area (Å²) in [6.45, 7) is 8.24. The lowest BCUT2D eigenvalue weighted by Crippen LogP contribution is -2.35. The number of nitrogens with one attached hydrogen (secondary N) is 1. The summed E-state index contributed by atoms with van der Waals surface area (Å²) in [5.41, 5.74) is 7.47. The first-order valence-electron chi connectivity index (χ1n) is 10.5. The number of fused-ring (bicyclic) bond motifs is 1. The molecule has 1 aromatic carbocycles. The molecule has 1 N–H and O–H groups in total. The quantitative estimate of drug-likeness (QED) is 0.578. The SMILES string of the molecule is Cc1ccc(-n2c(C)cc(/C=C3\C(=N)N4N=C(c5cccnc5)SC4=NC3=O)c2C)c(C)c1. The summed E-state index contributed by atoms with van der Waals surface area (Å²) in [6.07, 6.45) is 5.14. The number of hydrogen-bond acceptors (Lipinski definition) is 5. The Hall–Kier alpha value is -3.78. The van der Waals surface area contributed by atoms with Gasteiger partial charge in [-0.1, -0.05) is 17.7 Å². The van der Waals surface area contributed by atoms with Gasteiger partial charge in [0.25, 0.3) is 5.91 Å². The fraction of sp³-hybridized carbons (Fsp3) is 0.160. The van der Waals surface area contributed by atoms with Crippen molar-refractivity contribution in [1.82, 2.24) is 14.6 Å². The van der Waals surface area contributed by atoms with Gasteiger partial charge >= 0.3 is 0 Å². The third-order valence-corrected chi connectivity index (χ3v) is 6.68. The van der Waals surface area contributed by atoms with Crippen LogP contribution in [-0.2, 0) is 4.79 Å². The van der Waals surface area contributed by atoms with E-state index in [9.17, 15) is 4.79 Å². The molecule has 33 heavy (non-hydrogen) atoms. The van der Waals surface area contributed by atoms with Crippen LogP contribution >= 0.6 is 11.8 Å². The predicted molar refractivity (Wildman–Crippen MR) is 133 cm³/mol. The fourth-order valence-electron chi connectivity index (χ4n) is 4.11. The Kier molecular flexibility index (Phi) is 5.09. The zero-order valence-electron chi connectivity index (χ0n) is 18.7. The van der Waals surface area contributed by atoms with Crippen molar-refractivity contribution >= 4 is 39.8 Å². The molecule has 0 aliphatic carbocycles. The molecule has 0 bridgehead atoms. The van der Waals surface area contributed by atoms with E-state index in [0.29, 0.717) is 10.2 Å². The Balaban J connectivity index is 1.53. The number of amidine groups is 2. The number of carbonyl (C=O) groups excluding carboxylic acids is 1. The molecule has 4 heterocycles. The molecule has 0 fully saturated rings. The molecule has 1 amide bonds. The summed E-state index contributed by atoms with van der Waals surface area (Å²) >= 11 is 1.27. The van der Waals surface area contributed by atoms with Crippen LogP contribution in [0.1, 0.15) is 33.6 Å². The maximum atomic E-state index is 12.9. The summed E-state index contributed by atoms with van der Waals surface area (Å²) in [6, 6.07) is 12.1. The van der Waals surface area contributed by atoms with Crippen molar-refractivity contribution in [3.8, 4) is 5.69 Å². The van der Waals surface area contributed by atoms with Gasteiger partial charge in [-0.05, 0) is 80.9 Å². The molecular formula is C25H22N6OS. The number of pyridine rings is 1. The third-order valence-electron chi connectivity index (χ3n) is 5.73. The van der Waals surface area contributed by atoms with Gasteiger partial charge in [0.1, 0.15) is 5.04 Å². The molecule has 0 atom stereocenters. The number of hydrazone groups is 1. The fourth-order valence-corrected chi connectivity index (χ4v) is 5.00. The molecule has 7 nitrogen and oxygen atoms in total. The van der Waals surface area contributed by atoms with Crippen LogP contribution in [0.2, 0.25) is 0 Å². The van der Waals surface area contributed by atoms with E-state index in [4.69, 9.17) is 5.41 Å². The van der Waals surface area contributed by atoms with E-state index >= 15 is 0 Å². The molecule has 3 aromatic rings. The second-order valence-electron chi connectivity index (χ2n) is 8.12. The number of rotatable bonds is 3. The minimum atomic E-state index is -0.433. The van der Waals surface area contributed by atoms with Gasteiger partial charge in [-0.15, -0.1) is 0 Å². The molecular weight excluding hydrogens is 432 g/mol. The number of aliphatic imine (C=N–C) groups is 1. The normalized spacial score (nSPS) is 16.8. The largest absolute Gasteiger partial charge is 0.318 e. The summed E-state index contributed by atoms with van der Waals surface area (Å²) in [7, 11) is 0. The van der Waals surface area contributed by atoms with Crippen molar-refractivity contribution < 1.29 is 4.79 Å². The van der Waals surface area contributed by atoms with Crippen molar-refractivity contribution in [3.05, 3.63) is 88.0 Å². The van der Waals surface area contributed by atoms with E-state index < -0.39 is 5.91 Å². The molecule has 0 unspecified atom stereocenters. The van der Waals surface area contributed by atoms with Crippen LogP contribution in [0.5, 0.6) is 0 Å². The van der Waals surface area contributed by atoms with Gasteiger partial charge in [-0.25, -0.2) is 0 Å². The number of thioether (sulfide) groups is 1. The summed E-state index contributed by atoms with van der Waals surface area (Å²) in [5.74, 6) is -0.412. The molecule has 164 valence electrons. The van der Waals surface area contributed by atoms with E-state index in [-0.39, 0.29) is 11.4 Å². The van der Waals surface area contributed by atoms with Gasteiger partial charge in [0.15, 0.2) is 5.84 Å². The van der Waals surface area contributed by atoms with Gasteiger partial charge in [0.05, 0.1) is 5.57 Å². The van der Waals surface area contributed by atoms with Gasteiger partial charge < -0.3 is 4.57 Å². The number of hydrogen-bond donors (Lipinski definition) is 1. The highest BCUT2D eigenvalue weighted by molar-refractivity contribution is 8.27. The predicted octanol–water partition coefficient (Wildman–Crippen LogP) is 4.77. The first kappa shape index (κ1) is 21.1. The Labute approximate surface area is 196 Å². The Morgan fingerprint density at radius 1 is 1.09 bits per heavy atom. The van der Waals surface area contributed by atoms with E-state index in [1.54, 1.807) is 18.5 Å². The minimum Gasteiger partial charge on any atom is -0.318 e. The zero-order chi connectivity index (χ0) is 23.3. The molecule has 5 rings (SSSR count). The molecule has 0 spiro atoms. The van der Waals surface area contributed by atoms with Gasteiger partial charge in [0, 0.05) is 35.0 Å². The average molecular weight is 455 g/mol. The lowest BCUT2D eigenvalue weighted by molar-refractivity contribution is -0.114. The highest BCUT2D eigenvalue weighted by Crippen LogP contribution is 2.32. The highest BCUT2D eigenvalue weighted by Gasteiger charge is 2.36. The summed E-state index contributed by atoms with van der Waals surface area (Å²) < 4.78 is 2.18. The maximum Gasteiger partial charge on any atom is 0.283 e. The van der Waals surface area contributed by atoms with E-state index in [1.807, 2.05) is 32.0 Å². The van der Waals surface area contributed by atoms with Crippen LogP contribution in [0.4, 0.5) is 0 Å². The Morgan fingerprint density at radius 2 is 1.91 bits per heavy atom. The number of carbonyl (C=O) groups is 1. The van der Waals surface area contributed by atoms with Crippen LogP contribution in [0.15, 0.2) is 64.5 Å². The van der Waals surface area contributed by atoms with Crippen LogP contribution < -0.4 is 0 Å². The van der Waals surface area contributed by atoms with Crippen molar-refractivity contribution in [2.24, 2.45) is 10.1 Å². The van der Waals surface area contributed by atoms with Crippen LogP contribution in [0, 0.1) is 33.1 Å². The maximum absolute atomic E-state index is 12.9. The minimum absolute atomic E-state index is 0.0210. The zero-order valence-corrected chi connectivity index (χ0v) is 19.6. The Bertz CT molecular complexity index is 1410. The van der Waals surface area contributed by atoms with E-state index in [1.165, 1.54) is 27.9 Å². The number of amides is 1. The lowest BCUT2D eigenvalue weighted by atomic mass is 10.1. The van der Waals surface area contributed by atoms with Crippen molar-refractivity contribution in [2.45, 2.75) is 27.7 Å². The van der Waals surface area contributed by atoms with Crippen molar-refractivity contribution in [1.29, 1.82) is 5.41 Å². The number of aryl methyl sites for hydroxylation is 3. The summed E-state index contributed by atoms with van der Waals surface area (Å²) in [5, 5.41) is 15.7. The average Bonchev–Trinajstić information content (AvgIpc) is 3.33. The monoisotopic (exact) mass is 454 g/mol. The molecule has 2 aromatic heterocycles. The topological polar surface area (TPSA) is 86.7 Å². The number of benzene rings is 1. The van der Waals surface area contributed by atoms with E-state index in [0.717, 1.165) is 28.2 Å². The van der Waals surface area contributed by atoms with Crippen LogP contribution in [-0.4, -0.2) is 36.5 Å². The molecule has 0 saturated carbocycles. The lowest BCUT2D eigenvalue weighted by Gasteiger charge is -2.20.